The Balaban J connectivity index is 2.56. The quantitative estimate of drug-likeness (QED) is 0.553. The van der Waals surface area contributed by atoms with Crippen molar-refractivity contribution in [3.05, 3.63) is 24.0 Å². The summed E-state index contributed by atoms with van der Waals surface area (Å²) in [5.74, 6) is -0.261. The van der Waals surface area contributed by atoms with Gasteiger partial charge in [0.1, 0.15) is 0 Å². The summed E-state index contributed by atoms with van der Waals surface area (Å²) in [6.07, 6.45) is 0. The predicted octanol–water partition coefficient (Wildman–Crippen LogP) is 1.64. The summed E-state index contributed by atoms with van der Waals surface area (Å²) in [4.78, 5) is 18.9. The van der Waals surface area contributed by atoms with Gasteiger partial charge in [-0.25, -0.2) is 9.78 Å². The van der Waals surface area contributed by atoms with Crippen LogP contribution in [0.15, 0.2) is 23.1 Å². The standard InChI is InChI=1S/C9H8N2O2S/c1-13-9(12)8-10-6-3-2-5(14)4-7(6)11-8/h2-4,14H,1H3,(H,10,11). The van der Waals surface area contributed by atoms with Gasteiger partial charge in [0.25, 0.3) is 0 Å². The molecule has 0 aliphatic carbocycles. The highest BCUT2D eigenvalue weighted by Gasteiger charge is 2.10. The van der Waals surface area contributed by atoms with E-state index in [1.54, 1.807) is 12.1 Å². The predicted molar refractivity (Wildman–Crippen MR) is 54.7 cm³/mol. The highest BCUT2D eigenvalue weighted by molar-refractivity contribution is 7.80. The van der Waals surface area contributed by atoms with Crippen LogP contribution in [0.25, 0.3) is 11.0 Å². The number of aromatic nitrogens is 2. The second-order valence-corrected chi connectivity index (χ2v) is 3.29. The van der Waals surface area contributed by atoms with Crippen LogP contribution in [0.3, 0.4) is 0 Å². The average Bonchev–Trinajstić information content (AvgIpc) is 2.59. The Kier molecular flexibility index (Phi) is 2.17. The summed E-state index contributed by atoms with van der Waals surface area (Å²) in [6, 6.07) is 5.41. The third-order valence-corrected chi connectivity index (χ3v) is 2.12. The summed E-state index contributed by atoms with van der Waals surface area (Å²) in [5, 5.41) is 0. The molecule has 1 aromatic carbocycles. The molecular formula is C9H8N2O2S. The van der Waals surface area contributed by atoms with Crippen LogP contribution in [0.2, 0.25) is 0 Å². The summed E-state index contributed by atoms with van der Waals surface area (Å²) in [5.41, 5.74) is 1.50. The molecule has 0 radical (unpaired) electrons. The molecule has 0 unspecified atom stereocenters. The SMILES string of the molecule is COC(=O)c1nc2ccc(S)cc2[nH]1. The van der Waals surface area contributed by atoms with Crippen molar-refractivity contribution < 1.29 is 9.53 Å². The van der Waals surface area contributed by atoms with Gasteiger partial charge in [-0.05, 0) is 18.2 Å². The lowest BCUT2D eigenvalue weighted by Gasteiger charge is -1.90. The number of aromatic amines is 1. The van der Waals surface area contributed by atoms with Crippen molar-refractivity contribution >= 4 is 29.6 Å². The molecule has 0 saturated heterocycles. The number of carbonyl (C=O) groups excluding carboxylic acids is 1. The molecule has 1 N–H and O–H groups in total. The van der Waals surface area contributed by atoms with Crippen molar-refractivity contribution in [2.24, 2.45) is 0 Å². The number of nitrogens with one attached hydrogen (secondary N) is 1. The first kappa shape index (κ1) is 9.08. The smallest absolute Gasteiger partial charge is 0.374 e. The highest BCUT2D eigenvalue weighted by atomic mass is 32.1. The zero-order valence-corrected chi connectivity index (χ0v) is 8.34. The van der Waals surface area contributed by atoms with Gasteiger partial charge in [-0.15, -0.1) is 12.6 Å². The summed E-state index contributed by atoms with van der Waals surface area (Å²) in [6.45, 7) is 0. The Hall–Kier alpha value is -1.49. The molecule has 0 bridgehead atoms. The van der Waals surface area contributed by atoms with Gasteiger partial charge in [0, 0.05) is 4.90 Å². The zero-order valence-electron chi connectivity index (χ0n) is 7.44. The number of hydrogen-bond donors (Lipinski definition) is 2. The zero-order chi connectivity index (χ0) is 10.1. The fraction of sp³-hybridized carbons (Fsp3) is 0.111. The van der Waals surface area contributed by atoms with Crippen molar-refractivity contribution in [1.29, 1.82) is 0 Å². The minimum absolute atomic E-state index is 0.210. The average molecular weight is 208 g/mol. The molecule has 0 amide bonds. The molecule has 2 aromatic rings. The second kappa shape index (κ2) is 3.34. The number of thiol groups is 1. The lowest BCUT2D eigenvalue weighted by molar-refractivity contribution is 0.0588. The van der Waals surface area contributed by atoms with Crippen LogP contribution in [-0.2, 0) is 4.74 Å². The van der Waals surface area contributed by atoms with Crippen LogP contribution in [0.5, 0.6) is 0 Å². The summed E-state index contributed by atoms with van der Waals surface area (Å²) < 4.78 is 4.54. The van der Waals surface area contributed by atoms with E-state index in [-0.39, 0.29) is 5.82 Å². The monoisotopic (exact) mass is 208 g/mol. The molecule has 0 saturated carbocycles. The van der Waals surface area contributed by atoms with E-state index in [1.807, 2.05) is 6.07 Å². The maximum Gasteiger partial charge on any atom is 0.374 e. The Labute approximate surface area is 85.7 Å². The van der Waals surface area contributed by atoms with Gasteiger partial charge in [0.2, 0.25) is 5.82 Å². The summed E-state index contributed by atoms with van der Waals surface area (Å²) >= 11 is 4.18. The number of hydrogen-bond acceptors (Lipinski definition) is 4. The van der Waals surface area contributed by atoms with E-state index in [2.05, 4.69) is 27.3 Å². The number of H-pyrrole nitrogens is 1. The molecule has 0 aliphatic rings. The normalized spacial score (nSPS) is 10.4. The first-order chi connectivity index (χ1) is 6.70. The van der Waals surface area contributed by atoms with Crippen molar-refractivity contribution in [3.63, 3.8) is 0 Å². The molecule has 4 nitrogen and oxygen atoms in total. The van der Waals surface area contributed by atoms with E-state index in [4.69, 9.17) is 0 Å². The maximum atomic E-state index is 11.1. The molecule has 0 aliphatic heterocycles. The van der Waals surface area contributed by atoms with Gasteiger partial charge >= 0.3 is 5.97 Å². The number of benzene rings is 1. The lowest BCUT2D eigenvalue weighted by atomic mass is 10.3. The van der Waals surface area contributed by atoms with Gasteiger partial charge < -0.3 is 9.72 Å². The molecule has 0 fully saturated rings. The number of ether oxygens (including phenoxy) is 1. The van der Waals surface area contributed by atoms with E-state index in [9.17, 15) is 4.79 Å². The van der Waals surface area contributed by atoms with Crippen molar-refractivity contribution in [2.75, 3.05) is 7.11 Å². The van der Waals surface area contributed by atoms with E-state index < -0.39 is 5.97 Å². The van der Waals surface area contributed by atoms with Gasteiger partial charge in [-0.3, -0.25) is 0 Å². The Morgan fingerprint density at radius 1 is 1.57 bits per heavy atom. The number of methoxy groups -OCH3 is 1. The minimum atomic E-state index is -0.470. The number of rotatable bonds is 1. The maximum absolute atomic E-state index is 11.1. The molecule has 0 spiro atoms. The highest BCUT2D eigenvalue weighted by Crippen LogP contribution is 2.16. The van der Waals surface area contributed by atoms with E-state index in [0.29, 0.717) is 0 Å². The third kappa shape index (κ3) is 1.46. The minimum Gasteiger partial charge on any atom is -0.463 e. The third-order valence-electron chi connectivity index (χ3n) is 1.84. The molecular weight excluding hydrogens is 200 g/mol. The molecule has 0 atom stereocenters. The van der Waals surface area contributed by atoms with Gasteiger partial charge in [0.15, 0.2) is 0 Å². The van der Waals surface area contributed by atoms with Crippen molar-refractivity contribution in [2.45, 2.75) is 4.90 Å². The molecule has 5 heteroatoms. The number of fused-ring (bicyclic) bond motifs is 1. The first-order valence-corrected chi connectivity index (χ1v) is 4.42. The van der Waals surface area contributed by atoms with Crippen LogP contribution in [0.4, 0.5) is 0 Å². The van der Waals surface area contributed by atoms with Crippen molar-refractivity contribution in [3.8, 4) is 0 Å². The molecule has 1 aromatic heterocycles. The fourth-order valence-electron chi connectivity index (χ4n) is 1.19. The van der Waals surface area contributed by atoms with Gasteiger partial charge in [0.05, 0.1) is 18.1 Å². The number of carbonyl (C=O) groups is 1. The molecule has 72 valence electrons. The van der Waals surface area contributed by atoms with Crippen molar-refractivity contribution in [1.82, 2.24) is 9.97 Å². The molecule has 1 heterocycles. The summed E-state index contributed by atoms with van der Waals surface area (Å²) in [7, 11) is 1.32. The number of nitrogens with zero attached hydrogens (tertiary/aromatic N) is 1. The first-order valence-electron chi connectivity index (χ1n) is 3.98. The van der Waals surface area contributed by atoms with Crippen LogP contribution in [0.1, 0.15) is 10.6 Å². The number of imidazole rings is 1. The van der Waals surface area contributed by atoms with Gasteiger partial charge in [-0.2, -0.15) is 0 Å². The van der Waals surface area contributed by atoms with Crippen LogP contribution in [0, 0.1) is 0 Å². The van der Waals surface area contributed by atoms with Gasteiger partial charge in [-0.1, -0.05) is 0 Å². The van der Waals surface area contributed by atoms with Crippen LogP contribution >= 0.6 is 12.6 Å². The molecule has 2 rings (SSSR count). The number of esters is 1. The Bertz CT molecular complexity index is 493. The van der Waals surface area contributed by atoms with Crippen LogP contribution in [-0.4, -0.2) is 23.0 Å². The van der Waals surface area contributed by atoms with E-state index in [1.165, 1.54) is 7.11 Å². The van der Waals surface area contributed by atoms with E-state index >= 15 is 0 Å². The Morgan fingerprint density at radius 3 is 3.07 bits per heavy atom. The fourth-order valence-corrected chi connectivity index (χ4v) is 1.39. The second-order valence-electron chi connectivity index (χ2n) is 2.78. The van der Waals surface area contributed by atoms with Crippen LogP contribution < -0.4 is 0 Å². The largest absolute Gasteiger partial charge is 0.463 e. The Morgan fingerprint density at radius 2 is 2.36 bits per heavy atom. The topological polar surface area (TPSA) is 55.0 Å². The molecule has 14 heavy (non-hydrogen) atoms. The van der Waals surface area contributed by atoms with E-state index in [0.717, 1.165) is 15.9 Å². The lowest BCUT2D eigenvalue weighted by Crippen LogP contribution is -2.02.